The van der Waals surface area contributed by atoms with Crippen LogP contribution in [0.2, 0.25) is 0 Å². The standard InChI is InChI=1S/C26H52N10O2/c1-5-9-15-21(7-3)19-31-24(28)34-35-25(37)30-18-14-12-11-13-17-29-23(27)33-36-26(38)32-20-22(8-4)16-10-6-2/h21-22H,5-20H2,1-4H3,(H2,27,29)(H2,28,31)(H,30,37)(H,32,38). The summed E-state index contributed by atoms with van der Waals surface area (Å²) in [5.74, 6) is 0.819. The molecule has 6 N–H and O–H groups in total. The molecule has 2 unspecified atom stereocenters. The van der Waals surface area contributed by atoms with Crippen LogP contribution < -0.4 is 21.7 Å². The maximum absolute atomic E-state index is 11.8. The van der Waals surface area contributed by atoms with Crippen LogP contribution in [0.5, 0.6) is 0 Å². The molecule has 38 heavy (non-hydrogen) atoms. The molecule has 0 spiro atoms. The molecule has 0 fully saturated rings. The normalized spacial score (nSPS) is 13.5. The molecule has 0 aromatic rings. The van der Waals surface area contributed by atoms with E-state index in [4.69, 9.17) is 11.1 Å². The summed E-state index contributed by atoms with van der Waals surface area (Å²) >= 11 is 0. The number of rotatable bonds is 19. The van der Waals surface area contributed by atoms with Crippen LogP contribution in [-0.4, -0.2) is 50.2 Å². The zero-order chi connectivity index (χ0) is 28.4. The summed E-state index contributed by atoms with van der Waals surface area (Å²) in [6.07, 6.45) is 12.3. The van der Waals surface area contributed by atoms with E-state index in [1.54, 1.807) is 0 Å². The molecule has 0 aliphatic rings. The highest BCUT2D eigenvalue weighted by Crippen LogP contribution is 2.13. The van der Waals surface area contributed by atoms with Gasteiger partial charge in [0.1, 0.15) is 0 Å². The van der Waals surface area contributed by atoms with Crippen molar-refractivity contribution in [2.24, 2.45) is 43.0 Å². The Morgan fingerprint density at radius 2 is 1.26 bits per heavy atom. The molecular formula is C26H52N10O2. The fourth-order valence-corrected chi connectivity index (χ4v) is 3.65. The van der Waals surface area contributed by atoms with Gasteiger partial charge in [-0.05, 0) is 37.5 Å². The van der Waals surface area contributed by atoms with E-state index in [0.717, 1.165) is 70.6 Å². The highest BCUT2D eigenvalue weighted by Gasteiger charge is 2.08. The number of azo groups is 2. The summed E-state index contributed by atoms with van der Waals surface area (Å²) in [4.78, 5) is 27.8. The van der Waals surface area contributed by atoms with Gasteiger partial charge in [-0.2, -0.15) is 0 Å². The van der Waals surface area contributed by atoms with E-state index < -0.39 is 12.1 Å². The molecule has 218 valence electrons. The number of aliphatic imine (C=N–C) groups is 1. The number of guanidine groups is 2. The van der Waals surface area contributed by atoms with Crippen LogP contribution in [0.15, 0.2) is 25.4 Å². The van der Waals surface area contributed by atoms with Crippen LogP contribution in [0.1, 0.15) is 105 Å². The first kappa shape index (κ1) is 35.1. The van der Waals surface area contributed by atoms with Gasteiger partial charge >= 0.3 is 12.1 Å². The Balaban J connectivity index is 3.89. The van der Waals surface area contributed by atoms with Crippen LogP contribution >= 0.6 is 0 Å². The molecule has 0 saturated heterocycles. The molecule has 0 aromatic heterocycles. The molecule has 0 bridgehead atoms. The van der Waals surface area contributed by atoms with Crippen LogP contribution in [0.4, 0.5) is 9.59 Å². The van der Waals surface area contributed by atoms with Crippen molar-refractivity contribution in [2.75, 3.05) is 26.2 Å². The van der Waals surface area contributed by atoms with Gasteiger partial charge in [0.2, 0.25) is 11.9 Å². The summed E-state index contributed by atoms with van der Waals surface area (Å²) in [6.45, 7) is 10.8. The van der Waals surface area contributed by atoms with E-state index in [9.17, 15) is 9.59 Å². The number of carbonyl (C=O) groups excluding carboxylic acids is 2. The Hall–Kier alpha value is -2.92. The molecule has 0 radical (unpaired) electrons. The van der Waals surface area contributed by atoms with Crippen molar-refractivity contribution in [3.63, 3.8) is 0 Å². The second-order valence-corrected chi connectivity index (χ2v) is 9.54. The first-order chi connectivity index (χ1) is 18.4. The van der Waals surface area contributed by atoms with Gasteiger partial charge in [-0.3, -0.25) is 5.41 Å². The second kappa shape index (κ2) is 24.4. The van der Waals surface area contributed by atoms with Gasteiger partial charge in [0, 0.05) is 26.2 Å². The van der Waals surface area contributed by atoms with E-state index in [1.165, 1.54) is 6.42 Å². The lowest BCUT2D eigenvalue weighted by atomic mass is 9.99. The van der Waals surface area contributed by atoms with Crippen LogP contribution in [0.3, 0.4) is 0 Å². The van der Waals surface area contributed by atoms with Crippen molar-refractivity contribution in [2.45, 2.75) is 105 Å². The quantitative estimate of drug-likeness (QED) is 0.0575. The lowest BCUT2D eigenvalue weighted by Gasteiger charge is -2.13. The topological polar surface area (TPSA) is 182 Å². The van der Waals surface area contributed by atoms with Crippen molar-refractivity contribution in [1.82, 2.24) is 16.0 Å². The zero-order valence-electron chi connectivity index (χ0n) is 24.1. The largest absolute Gasteiger partial charge is 0.367 e. The van der Waals surface area contributed by atoms with E-state index >= 15 is 0 Å². The van der Waals surface area contributed by atoms with Crippen LogP contribution in [0, 0.1) is 17.2 Å². The number of nitrogens with one attached hydrogen (secondary N) is 4. The Labute approximate surface area is 229 Å². The highest BCUT2D eigenvalue weighted by molar-refractivity contribution is 5.82. The molecule has 0 saturated carbocycles. The number of hydrogen-bond acceptors (Lipinski definition) is 4. The van der Waals surface area contributed by atoms with Crippen molar-refractivity contribution < 1.29 is 9.59 Å². The second-order valence-electron chi connectivity index (χ2n) is 9.54. The molecule has 12 heteroatoms. The number of hydrogen-bond donors (Lipinski definition) is 5. The molecule has 12 nitrogen and oxygen atoms in total. The Kier molecular flexibility index (Phi) is 22.5. The third-order valence-corrected chi connectivity index (χ3v) is 6.30. The van der Waals surface area contributed by atoms with Crippen molar-refractivity contribution >= 4 is 24.0 Å². The third-order valence-electron chi connectivity index (χ3n) is 6.30. The molecule has 4 amide bonds. The number of urea groups is 2. The Morgan fingerprint density at radius 1 is 0.711 bits per heavy atom. The average Bonchev–Trinajstić information content (AvgIpc) is 2.92. The number of unbranched alkanes of at least 4 members (excludes halogenated alkanes) is 5. The first-order valence-corrected chi connectivity index (χ1v) is 14.4. The maximum Gasteiger partial charge on any atom is 0.359 e. The maximum atomic E-state index is 11.8. The molecule has 0 heterocycles. The molecule has 0 rings (SSSR count). The summed E-state index contributed by atoms with van der Waals surface area (Å²) in [6, 6.07) is -1.05. The molecule has 2 atom stereocenters. The minimum absolute atomic E-state index is 0.0286. The Bertz CT molecular complexity index is 740. The van der Waals surface area contributed by atoms with E-state index in [-0.39, 0.29) is 11.9 Å². The smallest absolute Gasteiger partial charge is 0.359 e. The van der Waals surface area contributed by atoms with Gasteiger partial charge in [-0.1, -0.05) is 89.3 Å². The van der Waals surface area contributed by atoms with Gasteiger partial charge in [0.05, 0.1) is 0 Å². The fraction of sp³-hybridized carbons (Fsp3) is 0.846. The van der Waals surface area contributed by atoms with Gasteiger partial charge in [0.25, 0.3) is 0 Å². The van der Waals surface area contributed by atoms with Crippen molar-refractivity contribution in [3.8, 4) is 0 Å². The SMILES string of the molecule is CCCCC(CC)CN=C(N)N=NC(=O)NCCCCCCNC(=N)N=NC(=O)NCC(CC)CCCC. The fourth-order valence-electron chi connectivity index (χ4n) is 3.65. The first-order valence-electron chi connectivity index (χ1n) is 14.4. The third kappa shape index (κ3) is 21.2. The predicted octanol–water partition coefficient (Wildman–Crippen LogP) is 6.14. The Morgan fingerprint density at radius 3 is 1.87 bits per heavy atom. The minimum atomic E-state index is -0.531. The molecule has 0 aromatic carbocycles. The lowest BCUT2D eigenvalue weighted by Crippen LogP contribution is -2.27. The summed E-state index contributed by atoms with van der Waals surface area (Å²) in [5.41, 5.74) is 5.73. The summed E-state index contributed by atoms with van der Waals surface area (Å²) < 4.78 is 0. The zero-order valence-corrected chi connectivity index (χ0v) is 24.1. The lowest BCUT2D eigenvalue weighted by molar-refractivity contribution is 0.245. The predicted molar refractivity (Wildman–Crippen MR) is 154 cm³/mol. The van der Waals surface area contributed by atoms with Gasteiger partial charge in [-0.25, -0.2) is 14.6 Å². The van der Waals surface area contributed by atoms with Gasteiger partial charge < -0.3 is 21.7 Å². The number of amides is 4. The van der Waals surface area contributed by atoms with E-state index in [1.807, 2.05) is 0 Å². The monoisotopic (exact) mass is 536 g/mol. The van der Waals surface area contributed by atoms with E-state index in [2.05, 4.69) is 69.1 Å². The molecular weight excluding hydrogens is 484 g/mol. The van der Waals surface area contributed by atoms with Crippen LogP contribution in [0.25, 0.3) is 0 Å². The van der Waals surface area contributed by atoms with Gasteiger partial charge in [-0.15, -0.1) is 10.2 Å². The van der Waals surface area contributed by atoms with Gasteiger partial charge in [0.15, 0.2) is 0 Å². The molecule has 0 aliphatic carbocycles. The minimum Gasteiger partial charge on any atom is -0.367 e. The average molecular weight is 537 g/mol. The number of nitrogens with two attached hydrogens (primary N) is 1. The summed E-state index contributed by atoms with van der Waals surface area (Å²) in [5, 5.41) is 30.4. The number of carbonyl (C=O) groups is 2. The van der Waals surface area contributed by atoms with Crippen LogP contribution in [-0.2, 0) is 0 Å². The molecule has 0 aliphatic heterocycles. The van der Waals surface area contributed by atoms with E-state index in [0.29, 0.717) is 38.0 Å². The van der Waals surface area contributed by atoms with Crippen molar-refractivity contribution in [3.05, 3.63) is 0 Å². The summed E-state index contributed by atoms with van der Waals surface area (Å²) in [7, 11) is 0. The van der Waals surface area contributed by atoms with Crippen molar-refractivity contribution in [1.29, 1.82) is 5.41 Å². The number of nitrogens with zero attached hydrogens (tertiary/aromatic N) is 5. The highest BCUT2D eigenvalue weighted by atomic mass is 16.2.